The molecule has 2 aromatic carbocycles. The van der Waals surface area contributed by atoms with Gasteiger partial charge in [0, 0.05) is 34.1 Å². The lowest BCUT2D eigenvalue weighted by Crippen LogP contribution is -2.35. The van der Waals surface area contributed by atoms with E-state index in [0.717, 1.165) is 12.1 Å². The first-order valence-electron chi connectivity index (χ1n) is 16.4. The molecule has 1 amide bonds. The van der Waals surface area contributed by atoms with Crippen molar-refractivity contribution in [3.63, 3.8) is 0 Å². The van der Waals surface area contributed by atoms with Crippen molar-refractivity contribution < 1.29 is 40.7 Å². The van der Waals surface area contributed by atoms with Gasteiger partial charge in [0.05, 0.1) is 11.7 Å². The van der Waals surface area contributed by atoms with Gasteiger partial charge in [-0.3, -0.25) is 14.6 Å². The number of furan rings is 1. The van der Waals surface area contributed by atoms with Crippen LogP contribution < -0.4 is 5.32 Å². The third-order valence-electron chi connectivity index (χ3n) is 9.35. The van der Waals surface area contributed by atoms with Gasteiger partial charge in [-0.1, -0.05) is 29.7 Å². The highest BCUT2D eigenvalue weighted by Crippen LogP contribution is 2.68. The molecule has 16 heteroatoms. The summed E-state index contributed by atoms with van der Waals surface area (Å²) in [6.07, 6.45) is -3.36. The molecule has 2 aliphatic carbocycles. The van der Waals surface area contributed by atoms with Crippen LogP contribution in [-0.2, 0) is 23.7 Å². The first-order chi connectivity index (χ1) is 25.1. The fourth-order valence-corrected chi connectivity index (χ4v) is 7.29. The molecule has 9 nitrogen and oxygen atoms in total. The number of benzene rings is 2. The zero-order valence-corrected chi connectivity index (χ0v) is 28.5. The molecule has 0 radical (unpaired) electrons. The number of rotatable bonds is 8. The molecule has 6 aromatic rings. The number of halogens is 7. The maximum atomic E-state index is 15.3. The standard InChI is InChI=1S/C37H27ClF6N6O3/c1-36(2,52)9-8-19-6-7-20(21-4-3-5-22-29-32(53-31(21)22)34(38)48-47-29)28(45-19)25(12-16-10-17(39)13-18(40)11-16)46-26(51)15-50-33-27(30(49-50)35(41)42)23-14-24(23)37(33,43)44/h3-7,10-11,13,23-25,35,52H,12,14-15H2,1-2H3,(H,46,51)(H,47,48)/t23?,24-,25+/m1/s1. The van der Waals surface area contributed by atoms with Gasteiger partial charge in [0.15, 0.2) is 10.7 Å². The van der Waals surface area contributed by atoms with Crippen LogP contribution in [0.2, 0.25) is 5.15 Å². The number of aromatic amines is 1. The normalized spacial score (nSPS) is 17.9. The molecule has 1 saturated carbocycles. The van der Waals surface area contributed by atoms with Crippen LogP contribution in [0.3, 0.4) is 0 Å². The molecule has 53 heavy (non-hydrogen) atoms. The summed E-state index contributed by atoms with van der Waals surface area (Å²) < 4.78 is 94.3. The van der Waals surface area contributed by atoms with E-state index in [0.29, 0.717) is 38.4 Å². The van der Waals surface area contributed by atoms with Crippen molar-refractivity contribution in [1.29, 1.82) is 0 Å². The average molecular weight is 753 g/mol. The third-order valence-corrected chi connectivity index (χ3v) is 9.61. The number of hydrogen-bond acceptors (Lipinski definition) is 6. The zero-order valence-electron chi connectivity index (χ0n) is 27.7. The monoisotopic (exact) mass is 752 g/mol. The Morgan fingerprint density at radius 2 is 1.89 bits per heavy atom. The van der Waals surface area contributed by atoms with Gasteiger partial charge in [-0.15, -0.1) is 0 Å². The van der Waals surface area contributed by atoms with Crippen LogP contribution in [-0.4, -0.2) is 41.6 Å². The third kappa shape index (κ3) is 6.19. The Morgan fingerprint density at radius 1 is 1.13 bits per heavy atom. The van der Waals surface area contributed by atoms with E-state index in [1.807, 2.05) is 0 Å². The van der Waals surface area contributed by atoms with Crippen molar-refractivity contribution in [3.05, 3.63) is 99.2 Å². The molecule has 3 atom stereocenters. The number of aliphatic hydroxyl groups is 1. The summed E-state index contributed by atoms with van der Waals surface area (Å²) in [5.41, 5.74) is -0.900. The molecule has 0 spiro atoms. The number of carbonyl (C=O) groups excluding carboxylic acids is 1. The minimum absolute atomic E-state index is 0.0469. The number of fused-ring (bicyclic) bond motifs is 6. The number of amides is 1. The lowest BCUT2D eigenvalue weighted by atomic mass is 9.94. The summed E-state index contributed by atoms with van der Waals surface area (Å²) in [5, 5.41) is 24.4. The summed E-state index contributed by atoms with van der Waals surface area (Å²) in [5.74, 6) is -2.62. The quantitative estimate of drug-likeness (QED) is 0.108. The van der Waals surface area contributed by atoms with E-state index in [1.165, 1.54) is 13.8 Å². The number of H-pyrrole nitrogens is 1. The summed E-state index contributed by atoms with van der Waals surface area (Å²) >= 11 is 6.27. The first-order valence-corrected chi connectivity index (χ1v) is 16.8. The fraction of sp³-hybridized carbons (Fsp3) is 0.297. The maximum absolute atomic E-state index is 15.3. The van der Waals surface area contributed by atoms with E-state index in [9.17, 15) is 27.5 Å². The average Bonchev–Trinajstić information content (AvgIpc) is 3.35. The highest BCUT2D eigenvalue weighted by atomic mass is 35.5. The summed E-state index contributed by atoms with van der Waals surface area (Å²) in [6.45, 7) is 2.07. The topological polar surface area (TPSA) is 122 Å². The highest BCUT2D eigenvalue weighted by molar-refractivity contribution is 6.34. The van der Waals surface area contributed by atoms with Crippen LogP contribution in [0, 0.1) is 29.4 Å². The van der Waals surface area contributed by atoms with Crippen molar-refractivity contribution in [2.24, 2.45) is 5.92 Å². The van der Waals surface area contributed by atoms with E-state index in [4.69, 9.17) is 21.0 Å². The number of pyridine rings is 1. The van der Waals surface area contributed by atoms with Crippen LogP contribution in [0.1, 0.15) is 72.6 Å². The van der Waals surface area contributed by atoms with Crippen molar-refractivity contribution in [3.8, 4) is 23.0 Å². The Kier molecular flexibility index (Phi) is 8.12. The van der Waals surface area contributed by atoms with E-state index in [2.05, 4.69) is 32.5 Å². The first kappa shape index (κ1) is 34.7. The molecular weight excluding hydrogens is 726 g/mol. The largest absolute Gasteiger partial charge is 0.450 e. The minimum Gasteiger partial charge on any atom is -0.450 e. The van der Waals surface area contributed by atoms with E-state index < -0.39 is 71.3 Å². The van der Waals surface area contributed by atoms with Gasteiger partial charge in [-0.05, 0) is 74.4 Å². The molecule has 1 unspecified atom stereocenters. The van der Waals surface area contributed by atoms with Crippen LogP contribution in [0.5, 0.6) is 0 Å². The second kappa shape index (κ2) is 12.4. The van der Waals surface area contributed by atoms with Gasteiger partial charge in [-0.25, -0.2) is 22.5 Å². The smallest absolute Gasteiger partial charge is 0.293 e. The molecule has 4 heterocycles. The Bertz CT molecular complexity index is 2510. The van der Waals surface area contributed by atoms with Crippen LogP contribution in [0.4, 0.5) is 26.3 Å². The van der Waals surface area contributed by atoms with Crippen molar-refractivity contribution >= 4 is 39.6 Å². The molecule has 0 bridgehead atoms. The fourth-order valence-electron chi connectivity index (χ4n) is 7.12. The lowest BCUT2D eigenvalue weighted by molar-refractivity contribution is -0.123. The van der Waals surface area contributed by atoms with Crippen molar-refractivity contribution in [1.82, 2.24) is 30.3 Å². The number of carbonyl (C=O) groups is 1. The van der Waals surface area contributed by atoms with Crippen molar-refractivity contribution in [2.75, 3.05) is 0 Å². The molecule has 3 N–H and O–H groups in total. The number of para-hydroxylation sites is 1. The zero-order chi connectivity index (χ0) is 37.6. The molecule has 272 valence electrons. The Morgan fingerprint density at radius 3 is 2.60 bits per heavy atom. The number of aromatic nitrogens is 5. The lowest BCUT2D eigenvalue weighted by Gasteiger charge is -2.23. The predicted octanol–water partition coefficient (Wildman–Crippen LogP) is 7.87. The summed E-state index contributed by atoms with van der Waals surface area (Å²) in [4.78, 5) is 18.6. The predicted molar refractivity (Wildman–Crippen MR) is 180 cm³/mol. The molecular formula is C37H27ClF6N6O3. The molecule has 0 saturated heterocycles. The van der Waals surface area contributed by atoms with Gasteiger partial charge in [0.25, 0.3) is 12.3 Å². The minimum atomic E-state index is -3.47. The number of nitrogens with zero attached hydrogens (tertiary/aromatic N) is 4. The number of nitrogens with one attached hydrogen (secondary N) is 2. The second-order valence-corrected chi connectivity index (χ2v) is 14.1. The van der Waals surface area contributed by atoms with Crippen molar-refractivity contribution in [2.45, 2.75) is 63.1 Å². The molecule has 8 rings (SSSR count). The van der Waals surface area contributed by atoms with Gasteiger partial charge in [0.2, 0.25) is 5.91 Å². The second-order valence-electron chi connectivity index (χ2n) is 13.7. The van der Waals surface area contributed by atoms with Gasteiger partial charge in [-0.2, -0.15) is 19.0 Å². The molecule has 4 aromatic heterocycles. The molecule has 0 aliphatic heterocycles. The Balaban J connectivity index is 1.26. The van der Waals surface area contributed by atoms with E-state index in [-0.39, 0.29) is 46.1 Å². The van der Waals surface area contributed by atoms with Crippen LogP contribution >= 0.6 is 11.6 Å². The molecule has 2 aliphatic rings. The number of alkyl halides is 4. The summed E-state index contributed by atoms with van der Waals surface area (Å²) in [6, 6.07) is 9.95. The van der Waals surface area contributed by atoms with Gasteiger partial charge in [0.1, 0.15) is 52.0 Å². The van der Waals surface area contributed by atoms with Gasteiger partial charge >= 0.3 is 0 Å². The molecule has 1 fully saturated rings. The van der Waals surface area contributed by atoms with E-state index >= 15 is 8.78 Å². The summed E-state index contributed by atoms with van der Waals surface area (Å²) in [7, 11) is 0. The Hall–Kier alpha value is -5.33. The van der Waals surface area contributed by atoms with Crippen LogP contribution in [0.25, 0.3) is 33.2 Å². The SMILES string of the molecule is CC(C)(O)C#Cc1ccc(-c2cccc3c2oc2c(Cl)[nH]nc23)c([C@H](Cc2cc(F)cc(F)c2)NC(=O)Cn2nc(C(F)F)c3c2C(F)(F)[C@@H]2CC32)n1. The number of hydrogen-bond donors (Lipinski definition) is 3. The van der Waals surface area contributed by atoms with Crippen LogP contribution in [0.15, 0.2) is 52.9 Å². The van der Waals surface area contributed by atoms with Gasteiger partial charge < -0.3 is 14.8 Å². The Labute approximate surface area is 301 Å². The highest BCUT2D eigenvalue weighted by Gasteiger charge is 2.67. The van der Waals surface area contributed by atoms with E-state index in [1.54, 1.807) is 30.3 Å². The maximum Gasteiger partial charge on any atom is 0.293 e.